The number of hydroxylamine groups is 1. The van der Waals surface area contributed by atoms with Crippen LogP contribution in [0.4, 0.5) is 0 Å². The van der Waals surface area contributed by atoms with E-state index >= 15 is 0 Å². The van der Waals surface area contributed by atoms with Gasteiger partial charge in [-0.1, -0.05) is 19.1 Å². The summed E-state index contributed by atoms with van der Waals surface area (Å²) in [7, 11) is 0. The lowest BCUT2D eigenvalue weighted by Gasteiger charge is -2.18. The molecule has 1 aromatic rings. The van der Waals surface area contributed by atoms with Crippen molar-refractivity contribution < 1.29 is 5.21 Å². The van der Waals surface area contributed by atoms with Gasteiger partial charge in [-0.15, -0.1) is 0 Å². The van der Waals surface area contributed by atoms with Crippen LogP contribution in [0.1, 0.15) is 27.7 Å². The van der Waals surface area contributed by atoms with Crippen molar-refractivity contribution in [2.75, 3.05) is 0 Å². The first-order valence-electron chi connectivity index (χ1n) is 5.59. The van der Waals surface area contributed by atoms with Crippen molar-refractivity contribution in [1.29, 1.82) is 0 Å². The summed E-state index contributed by atoms with van der Waals surface area (Å²) in [4.78, 5) is 4.41. The van der Waals surface area contributed by atoms with Crippen LogP contribution in [-0.2, 0) is 0 Å². The van der Waals surface area contributed by atoms with Gasteiger partial charge in [-0.05, 0) is 43.5 Å². The van der Waals surface area contributed by atoms with Crippen molar-refractivity contribution >= 4 is 11.6 Å². The number of aromatic nitrogens is 1. The molecular formula is C13H20N2O. The first-order chi connectivity index (χ1) is 7.61. The Balaban J connectivity index is 3.33. The largest absolute Gasteiger partial charge is 0.317 e. The lowest BCUT2D eigenvalue weighted by molar-refractivity contribution is 0.119. The topological polar surface area (TPSA) is 45.2 Å². The van der Waals surface area contributed by atoms with Crippen molar-refractivity contribution in [3.8, 4) is 0 Å². The van der Waals surface area contributed by atoms with Crippen molar-refractivity contribution in [2.24, 2.45) is 5.92 Å². The quantitative estimate of drug-likeness (QED) is 0.749. The Hall–Kier alpha value is -1.19. The van der Waals surface area contributed by atoms with Crippen LogP contribution in [0, 0.1) is 5.92 Å². The molecule has 0 aliphatic rings. The Morgan fingerprint density at radius 2 is 2.19 bits per heavy atom. The number of nitrogens with one attached hydrogen (secondary N) is 1. The van der Waals surface area contributed by atoms with E-state index < -0.39 is 0 Å². The minimum absolute atomic E-state index is 0.0201. The summed E-state index contributed by atoms with van der Waals surface area (Å²) in [6, 6.07) is 4.01. The van der Waals surface area contributed by atoms with Crippen LogP contribution in [0.5, 0.6) is 0 Å². The molecule has 0 aromatic carbocycles. The third kappa shape index (κ3) is 2.68. The number of nitrogens with zero attached hydrogens (tertiary/aromatic N) is 1. The fourth-order valence-corrected chi connectivity index (χ4v) is 1.68. The van der Waals surface area contributed by atoms with Gasteiger partial charge < -0.3 is 5.21 Å². The third-order valence-electron chi connectivity index (χ3n) is 3.16. The van der Waals surface area contributed by atoms with Gasteiger partial charge in [0.15, 0.2) is 0 Å². The maximum absolute atomic E-state index is 8.94. The lowest BCUT2D eigenvalue weighted by atomic mass is 9.95. The molecule has 0 bridgehead atoms. The molecule has 16 heavy (non-hydrogen) atoms. The smallest absolute Gasteiger partial charge is 0.0691 e. The van der Waals surface area contributed by atoms with Crippen molar-refractivity contribution in [2.45, 2.75) is 33.7 Å². The lowest BCUT2D eigenvalue weighted by Crippen LogP contribution is -2.36. The Labute approximate surface area is 96.5 Å². The van der Waals surface area contributed by atoms with Crippen molar-refractivity contribution in [1.82, 2.24) is 10.5 Å². The molecule has 0 spiro atoms. The zero-order chi connectivity index (χ0) is 12.1. The summed E-state index contributed by atoms with van der Waals surface area (Å²) < 4.78 is 0. The third-order valence-corrected chi connectivity index (χ3v) is 3.16. The van der Waals surface area contributed by atoms with E-state index in [-0.39, 0.29) is 12.0 Å². The fourth-order valence-electron chi connectivity index (χ4n) is 1.68. The maximum Gasteiger partial charge on any atom is 0.0691 e. The Bertz CT molecular complexity index is 453. The Morgan fingerprint density at radius 1 is 1.50 bits per heavy atom. The van der Waals surface area contributed by atoms with E-state index in [2.05, 4.69) is 36.5 Å². The van der Waals surface area contributed by atoms with Gasteiger partial charge >= 0.3 is 0 Å². The standard InChI is InChI=1S/C13H20N2O/c1-5-12-7-6-8-14-13(12)10(3)9(2)11(4)15-16/h5-9,11,15-16H,1-4H3/b12-5-,13-10-. The van der Waals surface area contributed by atoms with Gasteiger partial charge in [-0.2, -0.15) is 0 Å². The van der Waals surface area contributed by atoms with E-state index in [9.17, 15) is 0 Å². The first-order valence-corrected chi connectivity index (χ1v) is 5.59. The molecule has 3 nitrogen and oxygen atoms in total. The minimum Gasteiger partial charge on any atom is -0.317 e. The molecule has 2 atom stereocenters. The predicted octanol–water partition coefficient (Wildman–Crippen LogP) is 1.06. The van der Waals surface area contributed by atoms with Crippen molar-refractivity contribution in [3.63, 3.8) is 0 Å². The molecule has 0 aliphatic carbocycles. The van der Waals surface area contributed by atoms with E-state index in [1.54, 1.807) is 6.20 Å². The summed E-state index contributed by atoms with van der Waals surface area (Å²) in [5, 5.41) is 11.1. The van der Waals surface area contributed by atoms with Gasteiger partial charge in [0.25, 0.3) is 0 Å². The van der Waals surface area contributed by atoms with Crippen LogP contribution >= 0.6 is 0 Å². The number of hydrogen-bond donors (Lipinski definition) is 2. The minimum atomic E-state index is 0.0201. The summed E-state index contributed by atoms with van der Waals surface area (Å²) in [6.45, 7) is 8.10. The summed E-state index contributed by atoms with van der Waals surface area (Å²) in [6.07, 6.45) is 3.85. The van der Waals surface area contributed by atoms with E-state index in [1.165, 1.54) is 5.57 Å². The average Bonchev–Trinajstić information content (AvgIpc) is 2.35. The SMILES string of the molecule is C/C=c1/cccn/c1=C(/C)C(C)C(C)NO. The van der Waals surface area contributed by atoms with Crippen LogP contribution in [0.15, 0.2) is 18.3 Å². The van der Waals surface area contributed by atoms with Crippen LogP contribution < -0.4 is 16.0 Å². The molecule has 0 aliphatic heterocycles. The maximum atomic E-state index is 8.94. The molecule has 0 saturated heterocycles. The van der Waals surface area contributed by atoms with E-state index in [4.69, 9.17) is 5.21 Å². The molecule has 1 heterocycles. The number of hydrogen-bond acceptors (Lipinski definition) is 3. The van der Waals surface area contributed by atoms with E-state index in [0.29, 0.717) is 0 Å². The van der Waals surface area contributed by atoms with E-state index in [1.807, 2.05) is 19.9 Å². The fraction of sp³-hybridized carbons (Fsp3) is 0.462. The van der Waals surface area contributed by atoms with Gasteiger partial charge in [0.1, 0.15) is 0 Å². The molecule has 0 saturated carbocycles. The van der Waals surface area contributed by atoms with E-state index in [0.717, 1.165) is 10.6 Å². The molecule has 0 fully saturated rings. The predicted molar refractivity (Wildman–Crippen MR) is 66.3 cm³/mol. The molecule has 2 N–H and O–H groups in total. The monoisotopic (exact) mass is 220 g/mol. The van der Waals surface area contributed by atoms with Crippen LogP contribution in [0.25, 0.3) is 11.6 Å². The van der Waals surface area contributed by atoms with Gasteiger partial charge in [-0.25, -0.2) is 5.48 Å². The normalized spacial score (nSPS) is 18.2. The van der Waals surface area contributed by atoms with Crippen LogP contribution in [-0.4, -0.2) is 16.2 Å². The highest BCUT2D eigenvalue weighted by Crippen LogP contribution is 2.12. The van der Waals surface area contributed by atoms with Crippen LogP contribution in [0.3, 0.4) is 0 Å². The molecular weight excluding hydrogens is 200 g/mol. The summed E-state index contributed by atoms with van der Waals surface area (Å²) in [5.41, 5.74) is 3.48. The van der Waals surface area contributed by atoms with Gasteiger partial charge in [0, 0.05) is 12.2 Å². The highest BCUT2D eigenvalue weighted by atomic mass is 16.5. The van der Waals surface area contributed by atoms with Gasteiger partial charge in [-0.3, -0.25) is 4.98 Å². The molecule has 1 aromatic heterocycles. The number of pyridine rings is 1. The highest BCUT2D eigenvalue weighted by molar-refractivity contribution is 5.44. The molecule has 2 unspecified atom stereocenters. The summed E-state index contributed by atoms with van der Waals surface area (Å²) >= 11 is 0. The van der Waals surface area contributed by atoms with Crippen LogP contribution in [0.2, 0.25) is 0 Å². The Morgan fingerprint density at radius 3 is 2.75 bits per heavy atom. The van der Waals surface area contributed by atoms with Gasteiger partial charge in [0.2, 0.25) is 0 Å². The molecule has 1 rings (SSSR count). The highest BCUT2D eigenvalue weighted by Gasteiger charge is 2.13. The Kier molecular flexibility index (Phi) is 4.65. The molecule has 88 valence electrons. The summed E-state index contributed by atoms with van der Waals surface area (Å²) in [5.74, 6) is 0.235. The second-order valence-electron chi connectivity index (χ2n) is 4.12. The second-order valence-corrected chi connectivity index (χ2v) is 4.12. The van der Waals surface area contributed by atoms with Crippen molar-refractivity contribution in [3.05, 3.63) is 28.9 Å². The zero-order valence-electron chi connectivity index (χ0n) is 10.4. The molecule has 0 radical (unpaired) electrons. The first kappa shape index (κ1) is 12.9. The zero-order valence-corrected chi connectivity index (χ0v) is 10.4. The second kappa shape index (κ2) is 5.77. The number of rotatable bonds is 3. The van der Waals surface area contributed by atoms with Gasteiger partial charge in [0.05, 0.1) is 5.35 Å². The molecule has 0 amide bonds. The molecule has 3 heteroatoms. The average molecular weight is 220 g/mol.